The highest BCUT2D eigenvalue weighted by atomic mass is 16.6. The van der Waals surface area contributed by atoms with Crippen LogP contribution in [0.5, 0.6) is 5.75 Å². The van der Waals surface area contributed by atoms with E-state index >= 15 is 0 Å². The number of hydrogen-bond donors (Lipinski definition) is 0. The molecule has 1 unspecified atom stereocenters. The summed E-state index contributed by atoms with van der Waals surface area (Å²) in [4.78, 5) is 12.9. The van der Waals surface area contributed by atoms with Crippen molar-refractivity contribution in [3.63, 3.8) is 0 Å². The molecule has 0 aliphatic carbocycles. The smallest absolute Gasteiger partial charge is 0.269 e. The Hall–Kier alpha value is -3.34. The number of nitro benzene ring substituents is 1. The second kappa shape index (κ2) is 6.52. The van der Waals surface area contributed by atoms with E-state index < -0.39 is 6.23 Å². The number of para-hydroxylation sites is 1. The van der Waals surface area contributed by atoms with Crippen LogP contribution in [-0.4, -0.2) is 4.92 Å². The standard InChI is InChI=1S/C21H18N2O3/c1-15-6-4-9-18(12-15)22-14-17-7-2-3-11-20(17)26-21(22)16-8-5-10-19(13-16)23(24)25/h2-13,21H,14H2,1H3. The van der Waals surface area contributed by atoms with Crippen molar-refractivity contribution in [2.24, 2.45) is 0 Å². The zero-order valence-corrected chi connectivity index (χ0v) is 14.3. The van der Waals surface area contributed by atoms with Gasteiger partial charge in [-0.15, -0.1) is 0 Å². The van der Waals surface area contributed by atoms with Crippen molar-refractivity contribution < 1.29 is 9.66 Å². The highest BCUT2D eigenvalue weighted by molar-refractivity contribution is 5.54. The highest BCUT2D eigenvalue weighted by Crippen LogP contribution is 2.39. The molecule has 5 heteroatoms. The van der Waals surface area contributed by atoms with Gasteiger partial charge in [-0.1, -0.05) is 42.5 Å². The van der Waals surface area contributed by atoms with E-state index in [0.29, 0.717) is 6.54 Å². The topological polar surface area (TPSA) is 55.6 Å². The monoisotopic (exact) mass is 346 g/mol. The average molecular weight is 346 g/mol. The Kier molecular flexibility index (Phi) is 4.05. The molecule has 0 bridgehead atoms. The Labute approximate surface area is 151 Å². The van der Waals surface area contributed by atoms with Crippen molar-refractivity contribution in [3.05, 3.63) is 99.6 Å². The third kappa shape index (κ3) is 2.99. The second-order valence-electron chi connectivity index (χ2n) is 6.40. The molecule has 1 atom stereocenters. The number of anilines is 1. The quantitative estimate of drug-likeness (QED) is 0.494. The molecule has 0 spiro atoms. The summed E-state index contributed by atoms with van der Waals surface area (Å²) in [6.45, 7) is 2.72. The number of nitro groups is 1. The van der Waals surface area contributed by atoms with Crippen molar-refractivity contribution in [3.8, 4) is 5.75 Å². The summed E-state index contributed by atoms with van der Waals surface area (Å²) in [5.74, 6) is 0.813. The van der Waals surface area contributed by atoms with Crippen LogP contribution in [0.1, 0.15) is 22.9 Å². The molecule has 0 amide bonds. The number of ether oxygens (including phenoxy) is 1. The third-order valence-electron chi connectivity index (χ3n) is 4.53. The first-order valence-corrected chi connectivity index (χ1v) is 8.44. The SMILES string of the molecule is Cc1cccc(N2Cc3ccccc3OC2c2cccc([N+](=O)[O-])c2)c1. The van der Waals surface area contributed by atoms with Gasteiger partial charge in [0.1, 0.15) is 5.75 Å². The summed E-state index contributed by atoms with van der Waals surface area (Å²) in [7, 11) is 0. The van der Waals surface area contributed by atoms with Gasteiger partial charge in [-0.3, -0.25) is 10.1 Å². The molecule has 0 saturated heterocycles. The van der Waals surface area contributed by atoms with Crippen LogP contribution >= 0.6 is 0 Å². The maximum atomic E-state index is 11.2. The molecule has 1 heterocycles. The van der Waals surface area contributed by atoms with E-state index in [4.69, 9.17) is 4.74 Å². The first-order chi connectivity index (χ1) is 12.6. The van der Waals surface area contributed by atoms with E-state index in [-0.39, 0.29) is 10.6 Å². The summed E-state index contributed by atoms with van der Waals surface area (Å²) in [5, 5.41) is 11.2. The molecule has 0 aromatic heterocycles. The normalized spacial score (nSPS) is 15.9. The lowest BCUT2D eigenvalue weighted by Crippen LogP contribution is -2.36. The third-order valence-corrected chi connectivity index (χ3v) is 4.53. The van der Waals surface area contributed by atoms with Crippen LogP contribution in [0.25, 0.3) is 0 Å². The van der Waals surface area contributed by atoms with E-state index in [2.05, 4.69) is 11.0 Å². The summed E-state index contributed by atoms with van der Waals surface area (Å²) in [5.41, 5.74) is 4.09. The molecule has 26 heavy (non-hydrogen) atoms. The van der Waals surface area contributed by atoms with Gasteiger partial charge in [0.15, 0.2) is 6.23 Å². The van der Waals surface area contributed by atoms with Crippen molar-refractivity contribution in [1.29, 1.82) is 0 Å². The first kappa shape index (κ1) is 16.1. The van der Waals surface area contributed by atoms with E-state index in [1.807, 2.05) is 55.5 Å². The predicted octanol–water partition coefficient (Wildman–Crippen LogP) is 5.00. The van der Waals surface area contributed by atoms with Gasteiger partial charge in [0.05, 0.1) is 11.5 Å². The van der Waals surface area contributed by atoms with E-state index in [1.54, 1.807) is 12.1 Å². The van der Waals surface area contributed by atoms with Crippen LogP contribution in [0.3, 0.4) is 0 Å². The first-order valence-electron chi connectivity index (χ1n) is 8.44. The zero-order valence-electron chi connectivity index (χ0n) is 14.3. The molecule has 3 aromatic rings. The van der Waals surface area contributed by atoms with E-state index in [1.165, 1.54) is 6.07 Å². The van der Waals surface area contributed by atoms with Crippen LogP contribution in [0, 0.1) is 17.0 Å². The summed E-state index contributed by atoms with van der Waals surface area (Å²) < 4.78 is 6.26. The highest BCUT2D eigenvalue weighted by Gasteiger charge is 2.30. The van der Waals surface area contributed by atoms with Gasteiger partial charge >= 0.3 is 0 Å². The van der Waals surface area contributed by atoms with Crippen molar-refractivity contribution in [2.75, 3.05) is 4.90 Å². The molecule has 0 radical (unpaired) electrons. The van der Waals surface area contributed by atoms with Crippen molar-refractivity contribution in [2.45, 2.75) is 19.7 Å². The molecule has 0 saturated carbocycles. The minimum Gasteiger partial charge on any atom is -0.466 e. The van der Waals surface area contributed by atoms with Crippen LogP contribution in [0.2, 0.25) is 0 Å². The molecule has 5 nitrogen and oxygen atoms in total. The number of benzene rings is 3. The van der Waals surface area contributed by atoms with Gasteiger partial charge in [-0.2, -0.15) is 0 Å². The Bertz CT molecular complexity index is 971. The van der Waals surface area contributed by atoms with Gasteiger partial charge in [-0.25, -0.2) is 0 Å². The number of fused-ring (bicyclic) bond motifs is 1. The summed E-state index contributed by atoms with van der Waals surface area (Å²) >= 11 is 0. The fraction of sp³-hybridized carbons (Fsp3) is 0.143. The van der Waals surface area contributed by atoms with E-state index in [0.717, 1.165) is 28.1 Å². The lowest BCUT2D eigenvalue weighted by Gasteiger charge is -2.38. The van der Waals surface area contributed by atoms with Crippen LogP contribution < -0.4 is 9.64 Å². The van der Waals surface area contributed by atoms with Gasteiger partial charge in [0.2, 0.25) is 0 Å². The molecule has 4 rings (SSSR count). The number of nitrogens with zero attached hydrogens (tertiary/aromatic N) is 2. The van der Waals surface area contributed by atoms with Gasteiger partial charge in [0.25, 0.3) is 5.69 Å². The Morgan fingerprint density at radius 3 is 2.65 bits per heavy atom. The molecule has 1 aliphatic rings. The number of rotatable bonds is 3. The maximum absolute atomic E-state index is 11.2. The molecule has 3 aromatic carbocycles. The van der Waals surface area contributed by atoms with E-state index in [9.17, 15) is 10.1 Å². The lowest BCUT2D eigenvalue weighted by atomic mass is 10.1. The zero-order chi connectivity index (χ0) is 18.1. The molecule has 0 N–H and O–H groups in total. The van der Waals surface area contributed by atoms with Crippen LogP contribution in [-0.2, 0) is 6.54 Å². The number of aryl methyl sites for hydroxylation is 1. The molecule has 130 valence electrons. The minimum absolute atomic E-state index is 0.0640. The summed E-state index contributed by atoms with van der Waals surface area (Å²) in [6.07, 6.45) is -0.424. The lowest BCUT2D eigenvalue weighted by molar-refractivity contribution is -0.385. The number of hydrogen-bond acceptors (Lipinski definition) is 4. The fourth-order valence-corrected chi connectivity index (χ4v) is 3.27. The van der Waals surface area contributed by atoms with Gasteiger partial charge in [0, 0.05) is 28.9 Å². The van der Waals surface area contributed by atoms with Crippen LogP contribution in [0.15, 0.2) is 72.8 Å². The number of non-ortho nitro benzene ring substituents is 1. The minimum atomic E-state index is -0.424. The summed E-state index contributed by atoms with van der Waals surface area (Å²) in [6, 6.07) is 22.8. The van der Waals surface area contributed by atoms with Crippen LogP contribution in [0.4, 0.5) is 11.4 Å². The van der Waals surface area contributed by atoms with Crippen molar-refractivity contribution >= 4 is 11.4 Å². The largest absolute Gasteiger partial charge is 0.466 e. The molecular weight excluding hydrogens is 328 g/mol. The predicted molar refractivity (Wildman–Crippen MR) is 100 cm³/mol. The fourth-order valence-electron chi connectivity index (χ4n) is 3.27. The molecular formula is C21H18N2O3. The van der Waals surface area contributed by atoms with Gasteiger partial charge in [-0.05, 0) is 30.7 Å². The Balaban J connectivity index is 1.81. The average Bonchev–Trinajstić information content (AvgIpc) is 2.67. The molecule has 1 aliphatic heterocycles. The Morgan fingerprint density at radius 1 is 1.04 bits per heavy atom. The Morgan fingerprint density at radius 2 is 1.85 bits per heavy atom. The van der Waals surface area contributed by atoms with Crippen molar-refractivity contribution in [1.82, 2.24) is 0 Å². The molecule has 0 fully saturated rings. The van der Waals surface area contributed by atoms with Gasteiger partial charge < -0.3 is 9.64 Å². The maximum Gasteiger partial charge on any atom is 0.269 e. The second-order valence-corrected chi connectivity index (χ2v) is 6.40.